The first-order valence-electron chi connectivity index (χ1n) is 30.3. The van der Waals surface area contributed by atoms with E-state index in [1.165, 1.54) is 231 Å². The fourth-order valence-corrected chi connectivity index (χ4v) is 9.37. The highest BCUT2D eigenvalue weighted by Crippen LogP contribution is 2.19. The summed E-state index contributed by atoms with van der Waals surface area (Å²) in [7, 11) is 0. The molecule has 0 radical (unpaired) electrons. The predicted octanol–water partition coefficient (Wildman–Crippen LogP) is 20.0. The van der Waals surface area contributed by atoms with Gasteiger partial charge >= 0.3 is 17.9 Å². The average Bonchev–Trinajstić information content (AvgIpc) is 3.31. The van der Waals surface area contributed by atoms with Gasteiger partial charge in [0.25, 0.3) is 0 Å². The monoisotopic (exact) mass is 947 g/mol. The van der Waals surface area contributed by atoms with Crippen LogP contribution in [0.3, 0.4) is 0 Å². The van der Waals surface area contributed by atoms with Crippen molar-refractivity contribution in [3.8, 4) is 0 Å². The van der Waals surface area contributed by atoms with Crippen LogP contribution in [0.2, 0.25) is 0 Å². The van der Waals surface area contributed by atoms with E-state index in [4.69, 9.17) is 14.2 Å². The predicted molar refractivity (Wildman–Crippen MR) is 289 cm³/mol. The zero-order chi connectivity index (χ0) is 48.9. The second-order valence-corrected chi connectivity index (χ2v) is 21.7. The lowest BCUT2D eigenvalue weighted by Crippen LogP contribution is -2.30. The SMILES string of the molecule is CCCCCCCCCCCCCCCCCCC(=O)O[C@H](COC(=O)CCCCCCCCCCCCCCCCC(C)CC)COC(=O)CCCCCCCCCCCCCCC(C)C. The lowest BCUT2D eigenvalue weighted by atomic mass is 9.99. The number of unbranched alkanes of at least 4 members (excludes halogenated alkanes) is 39. The summed E-state index contributed by atoms with van der Waals surface area (Å²) in [6.07, 6.45) is 58.0. The minimum atomic E-state index is -0.763. The first kappa shape index (κ1) is 65.4. The Labute approximate surface area is 418 Å². The van der Waals surface area contributed by atoms with E-state index in [0.717, 1.165) is 69.6 Å². The van der Waals surface area contributed by atoms with Gasteiger partial charge in [0, 0.05) is 19.3 Å². The van der Waals surface area contributed by atoms with Crippen molar-refractivity contribution in [3.63, 3.8) is 0 Å². The minimum Gasteiger partial charge on any atom is -0.462 e. The number of ether oxygens (including phenoxy) is 3. The van der Waals surface area contributed by atoms with Crippen molar-refractivity contribution in [2.24, 2.45) is 11.8 Å². The molecular formula is C61H118O6. The molecule has 0 saturated heterocycles. The number of hydrogen-bond donors (Lipinski definition) is 0. The maximum atomic E-state index is 12.9. The molecule has 0 saturated carbocycles. The molecule has 0 heterocycles. The Morgan fingerprint density at radius 3 is 0.851 bits per heavy atom. The van der Waals surface area contributed by atoms with Gasteiger partial charge in [0.05, 0.1) is 0 Å². The van der Waals surface area contributed by atoms with Crippen LogP contribution in [0.25, 0.3) is 0 Å². The molecule has 398 valence electrons. The zero-order valence-corrected chi connectivity index (χ0v) is 46.0. The fourth-order valence-electron chi connectivity index (χ4n) is 9.37. The maximum Gasteiger partial charge on any atom is 0.306 e. The number of carbonyl (C=O) groups is 3. The quantitative estimate of drug-likeness (QED) is 0.0343. The highest BCUT2D eigenvalue weighted by atomic mass is 16.6. The summed E-state index contributed by atoms with van der Waals surface area (Å²) in [6.45, 7) is 11.5. The molecule has 6 heteroatoms. The van der Waals surface area contributed by atoms with E-state index in [9.17, 15) is 14.4 Å². The molecule has 1 unspecified atom stereocenters. The molecule has 0 bridgehead atoms. The van der Waals surface area contributed by atoms with Crippen LogP contribution < -0.4 is 0 Å². The smallest absolute Gasteiger partial charge is 0.306 e. The van der Waals surface area contributed by atoms with Crippen molar-refractivity contribution in [1.29, 1.82) is 0 Å². The van der Waals surface area contributed by atoms with E-state index in [2.05, 4.69) is 34.6 Å². The van der Waals surface area contributed by atoms with Crippen LogP contribution in [0.4, 0.5) is 0 Å². The summed E-state index contributed by atoms with van der Waals surface area (Å²) in [5.41, 5.74) is 0. The molecule has 0 amide bonds. The Morgan fingerprint density at radius 2 is 0.567 bits per heavy atom. The van der Waals surface area contributed by atoms with E-state index in [1.54, 1.807) is 0 Å². The molecule has 2 atom stereocenters. The van der Waals surface area contributed by atoms with Gasteiger partial charge in [-0.15, -0.1) is 0 Å². The second-order valence-electron chi connectivity index (χ2n) is 21.7. The minimum absolute atomic E-state index is 0.0623. The highest BCUT2D eigenvalue weighted by molar-refractivity contribution is 5.71. The van der Waals surface area contributed by atoms with Gasteiger partial charge in [0.1, 0.15) is 13.2 Å². The normalized spacial score (nSPS) is 12.4. The molecule has 0 aliphatic carbocycles. The van der Waals surface area contributed by atoms with E-state index >= 15 is 0 Å². The zero-order valence-electron chi connectivity index (χ0n) is 46.0. The number of hydrogen-bond acceptors (Lipinski definition) is 6. The van der Waals surface area contributed by atoms with Gasteiger partial charge < -0.3 is 14.2 Å². The van der Waals surface area contributed by atoms with Crippen molar-refractivity contribution < 1.29 is 28.6 Å². The van der Waals surface area contributed by atoms with Crippen LogP contribution in [0, 0.1) is 11.8 Å². The van der Waals surface area contributed by atoms with Crippen molar-refractivity contribution in [1.82, 2.24) is 0 Å². The van der Waals surface area contributed by atoms with Crippen LogP contribution in [-0.2, 0) is 28.6 Å². The summed E-state index contributed by atoms with van der Waals surface area (Å²) in [5, 5.41) is 0. The van der Waals surface area contributed by atoms with E-state index < -0.39 is 6.10 Å². The molecule has 0 aromatic heterocycles. The van der Waals surface area contributed by atoms with Gasteiger partial charge in [-0.05, 0) is 31.1 Å². The van der Waals surface area contributed by atoms with Crippen LogP contribution in [-0.4, -0.2) is 37.2 Å². The number of esters is 3. The van der Waals surface area contributed by atoms with E-state index in [-0.39, 0.29) is 31.1 Å². The molecule has 0 aliphatic heterocycles. The van der Waals surface area contributed by atoms with Gasteiger partial charge in [0.15, 0.2) is 6.10 Å². The lowest BCUT2D eigenvalue weighted by molar-refractivity contribution is -0.167. The third-order valence-electron chi connectivity index (χ3n) is 14.3. The molecule has 67 heavy (non-hydrogen) atoms. The van der Waals surface area contributed by atoms with Gasteiger partial charge in [-0.1, -0.05) is 304 Å². The number of carbonyl (C=O) groups excluding carboxylic acids is 3. The average molecular weight is 948 g/mol. The van der Waals surface area contributed by atoms with E-state index in [1.807, 2.05) is 0 Å². The first-order valence-corrected chi connectivity index (χ1v) is 30.3. The Bertz CT molecular complexity index is 1030. The Kier molecular flexibility index (Phi) is 52.5. The second kappa shape index (κ2) is 53.8. The van der Waals surface area contributed by atoms with Gasteiger partial charge in [-0.25, -0.2) is 0 Å². The van der Waals surface area contributed by atoms with Crippen LogP contribution >= 0.6 is 0 Å². The van der Waals surface area contributed by atoms with Crippen molar-refractivity contribution >= 4 is 17.9 Å². The molecular weight excluding hydrogens is 829 g/mol. The third kappa shape index (κ3) is 53.6. The standard InChI is InChI=1S/C61H118O6/c1-6-8-9-10-11-12-13-14-15-16-21-28-33-38-43-48-53-61(64)67-58(55-66-60(63)52-47-42-37-32-27-23-22-24-29-34-39-44-49-56(3)4)54-65-59(62)51-46-41-36-31-26-20-18-17-19-25-30-35-40-45-50-57(5)7-2/h56-58H,6-55H2,1-5H3/t57?,58-/m1/s1. The Morgan fingerprint density at radius 1 is 0.313 bits per heavy atom. The van der Waals surface area contributed by atoms with E-state index in [0.29, 0.717) is 19.3 Å². The fraction of sp³-hybridized carbons (Fsp3) is 0.951. The highest BCUT2D eigenvalue weighted by Gasteiger charge is 2.19. The number of rotatable bonds is 55. The molecule has 0 fully saturated rings. The largest absolute Gasteiger partial charge is 0.462 e. The van der Waals surface area contributed by atoms with Crippen molar-refractivity contribution in [2.75, 3.05) is 13.2 Å². The summed E-state index contributed by atoms with van der Waals surface area (Å²) in [6, 6.07) is 0. The van der Waals surface area contributed by atoms with Crippen LogP contribution in [0.5, 0.6) is 0 Å². The van der Waals surface area contributed by atoms with Gasteiger partial charge in [0.2, 0.25) is 0 Å². The van der Waals surface area contributed by atoms with Gasteiger partial charge in [-0.2, -0.15) is 0 Å². The summed E-state index contributed by atoms with van der Waals surface area (Å²) < 4.78 is 16.9. The molecule has 0 spiro atoms. The summed E-state index contributed by atoms with van der Waals surface area (Å²) in [4.78, 5) is 38.2. The summed E-state index contributed by atoms with van der Waals surface area (Å²) in [5.74, 6) is 0.894. The molecule has 0 N–H and O–H groups in total. The Balaban J connectivity index is 4.30. The summed E-state index contributed by atoms with van der Waals surface area (Å²) >= 11 is 0. The molecule has 0 aromatic rings. The van der Waals surface area contributed by atoms with Gasteiger partial charge in [-0.3, -0.25) is 14.4 Å². The van der Waals surface area contributed by atoms with Crippen LogP contribution in [0.15, 0.2) is 0 Å². The molecule has 6 nitrogen and oxygen atoms in total. The maximum absolute atomic E-state index is 12.9. The third-order valence-corrected chi connectivity index (χ3v) is 14.3. The Hall–Kier alpha value is -1.59. The lowest BCUT2D eigenvalue weighted by Gasteiger charge is -2.18. The van der Waals surface area contributed by atoms with Crippen molar-refractivity contribution in [3.05, 3.63) is 0 Å². The topological polar surface area (TPSA) is 78.9 Å². The first-order chi connectivity index (χ1) is 32.8. The molecule has 0 aliphatic rings. The van der Waals surface area contributed by atoms with Crippen LogP contribution in [0.1, 0.15) is 343 Å². The van der Waals surface area contributed by atoms with Crippen molar-refractivity contribution in [2.45, 2.75) is 349 Å². The molecule has 0 rings (SSSR count). The molecule has 0 aromatic carbocycles.